The Morgan fingerprint density at radius 2 is 1.89 bits per heavy atom. The minimum absolute atomic E-state index is 0.714. The van der Waals surface area contributed by atoms with Gasteiger partial charge in [-0.1, -0.05) is 34.1 Å². The summed E-state index contributed by atoms with van der Waals surface area (Å²) >= 11 is 3.43. The van der Waals surface area contributed by atoms with Crippen molar-refractivity contribution < 1.29 is 0 Å². The molecule has 0 saturated heterocycles. The number of anilines is 1. The number of halogens is 1. The molecule has 4 heteroatoms. The van der Waals surface area contributed by atoms with Crippen molar-refractivity contribution in [3.05, 3.63) is 58.3 Å². The lowest BCUT2D eigenvalue weighted by atomic mass is 10.1. The summed E-state index contributed by atoms with van der Waals surface area (Å²) in [7, 11) is 0. The van der Waals surface area contributed by atoms with Gasteiger partial charge >= 0.3 is 0 Å². The number of aromatic amines is 1. The van der Waals surface area contributed by atoms with E-state index in [1.165, 1.54) is 5.56 Å². The number of aromatic nitrogens is 2. The van der Waals surface area contributed by atoms with Gasteiger partial charge in [0, 0.05) is 10.9 Å². The van der Waals surface area contributed by atoms with Gasteiger partial charge in [0.2, 0.25) is 0 Å². The number of benzene rings is 2. The zero-order valence-electron chi connectivity index (χ0n) is 9.65. The van der Waals surface area contributed by atoms with Gasteiger partial charge in [-0.25, -0.2) is 4.98 Å². The van der Waals surface area contributed by atoms with E-state index in [0.29, 0.717) is 5.69 Å². The smallest absolute Gasteiger partial charge is 0.111 e. The molecular formula is C14H12BrN3. The molecule has 0 atom stereocenters. The van der Waals surface area contributed by atoms with E-state index in [1.807, 2.05) is 30.3 Å². The fourth-order valence-electron chi connectivity index (χ4n) is 1.98. The molecule has 0 aliphatic heterocycles. The van der Waals surface area contributed by atoms with Gasteiger partial charge in [0.15, 0.2) is 0 Å². The predicted molar refractivity (Wildman–Crippen MR) is 77.5 cm³/mol. The molecule has 3 nitrogen and oxygen atoms in total. The highest BCUT2D eigenvalue weighted by molar-refractivity contribution is 9.10. The minimum Gasteiger partial charge on any atom is -0.397 e. The maximum absolute atomic E-state index is 5.89. The lowest BCUT2D eigenvalue weighted by Gasteiger charge is -1.98. The number of para-hydroxylation sites is 1. The molecule has 3 N–H and O–H groups in total. The van der Waals surface area contributed by atoms with Crippen LogP contribution in [0, 0.1) is 0 Å². The fraction of sp³-hybridized carbons (Fsp3) is 0.0714. The molecule has 90 valence electrons. The number of nitrogens with zero attached hydrogens (tertiary/aromatic N) is 1. The summed E-state index contributed by atoms with van der Waals surface area (Å²) < 4.78 is 1.08. The van der Waals surface area contributed by atoms with E-state index >= 15 is 0 Å². The van der Waals surface area contributed by atoms with E-state index in [0.717, 1.165) is 27.8 Å². The highest BCUT2D eigenvalue weighted by Gasteiger charge is 2.05. The topological polar surface area (TPSA) is 54.7 Å². The van der Waals surface area contributed by atoms with Crippen molar-refractivity contribution in [2.75, 3.05) is 5.73 Å². The Morgan fingerprint density at radius 3 is 2.61 bits per heavy atom. The average molecular weight is 302 g/mol. The van der Waals surface area contributed by atoms with Crippen LogP contribution in [0.4, 0.5) is 5.69 Å². The minimum atomic E-state index is 0.714. The van der Waals surface area contributed by atoms with E-state index in [1.54, 1.807) is 0 Å². The van der Waals surface area contributed by atoms with Gasteiger partial charge in [0.05, 0.1) is 11.2 Å². The van der Waals surface area contributed by atoms with Crippen LogP contribution in [0.15, 0.2) is 46.9 Å². The standard InChI is InChI=1S/C14H12BrN3/c15-10-6-4-9(5-7-10)8-13-17-12-3-1-2-11(16)14(12)18-13/h1-7H,8,16H2,(H,17,18). The Labute approximate surface area is 113 Å². The van der Waals surface area contributed by atoms with Gasteiger partial charge in [-0.05, 0) is 29.8 Å². The number of hydrogen-bond donors (Lipinski definition) is 2. The average Bonchev–Trinajstić information content (AvgIpc) is 2.76. The Balaban J connectivity index is 1.95. The van der Waals surface area contributed by atoms with Crippen molar-refractivity contribution in [2.24, 2.45) is 0 Å². The van der Waals surface area contributed by atoms with Crippen molar-refractivity contribution >= 4 is 32.7 Å². The van der Waals surface area contributed by atoms with E-state index in [9.17, 15) is 0 Å². The Bertz CT molecular complexity index is 686. The highest BCUT2D eigenvalue weighted by Crippen LogP contribution is 2.20. The zero-order chi connectivity index (χ0) is 12.5. The second-order valence-corrected chi connectivity index (χ2v) is 5.15. The van der Waals surface area contributed by atoms with Crippen LogP contribution in [0.25, 0.3) is 11.0 Å². The third kappa shape index (κ3) is 2.11. The van der Waals surface area contributed by atoms with Crippen LogP contribution >= 0.6 is 15.9 Å². The third-order valence-corrected chi connectivity index (χ3v) is 3.41. The summed E-state index contributed by atoms with van der Waals surface area (Å²) in [5.74, 6) is 0.935. The number of nitrogens with two attached hydrogens (primary N) is 1. The number of H-pyrrole nitrogens is 1. The SMILES string of the molecule is Nc1cccc2[nH]c(Cc3ccc(Br)cc3)nc12. The largest absolute Gasteiger partial charge is 0.397 e. The first-order valence-electron chi connectivity index (χ1n) is 5.70. The number of fused-ring (bicyclic) bond motifs is 1. The van der Waals surface area contributed by atoms with Crippen LogP contribution in [-0.4, -0.2) is 9.97 Å². The molecule has 3 rings (SSSR count). The predicted octanol–water partition coefficient (Wildman–Crippen LogP) is 3.50. The summed E-state index contributed by atoms with van der Waals surface area (Å²) in [6.07, 6.45) is 0.779. The van der Waals surface area contributed by atoms with Crippen molar-refractivity contribution in [3.63, 3.8) is 0 Å². The highest BCUT2D eigenvalue weighted by atomic mass is 79.9. The maximum Gasteiger partial charge on any atom is 0.111 e. The first-order chi connectivity index (χ1) is 8.72. The molecule has 0 aliphatic carbocycles. The molecule has 18 heavy (non-hydrogen) atoms. The van der Waals surface area contributed by atoms with Gasteiger partial charge in [0.1, 0.15) is 11.3 Å². The van der Waals surface area contributed by atoms with Crippen molar-refractivity contribution in [2.45, 2.75) is 6.42 Å². The van der Waals surface area contributed by atoms with Crippen LogP contribution in [0.3, 0.4) is 0 Å². The van der Waals surface area contributed by atoms with E-state index in [-0.39, 0.29) is 0 Å². The number of imidazole rings is 1. The molecule has 0 spiro atoms. The molecule has 0 amide bonds. The van der Waals surface area contributed by atoms with E-state index in [2.05, 4.69) is 38.0 Å². The van der Waals surface area contributed by atoms with Crippen LogP contribution < -0.4 is 5.73 Å². The molecule has 0 unspecified atom stereocenters. The lowest BCUT2D eigenvalue weighted by molar-refractivity contribution is 1.04. The second-order valence-electron chi connectivity index (χ2n) is 4.23. The van der Waals surface area contributed by atoms with Crippen LogP contribution in [0.2, 0.25) is 0 Å². The summed E-state index contributed by atoms with van der Waals surface area (Å²) in [6.45, 7) is 0. The Kier molecular flexibility index (Phi) is 2.80. The molecule has 0 aliphatic rings. The normalized spacial score (nSPS) is 10.9. The summed E-state index contributed by atoms with van der Waals surface area (Å²) in [5.41, 5.74) is 9.67. The summed E-state index contributed by atoms with van der Waals surface area (Å²) in [5, 5.41) is 0. The Morgan fingerprint density at radius 1 is 1.11 bits per heavy atom. The molecular weight excluding hydrogens is 290 g/mol. The second kappa shape index (κ2) is 4.46. The number of hydrogen-bond acceptors (Lipinski definition) is 2. The molecule has 0 fully saturated rings. The first-order valence-corrected chi connectivity index (χ1v) is 6.49. The van der Waals surface area contributed by atoms with Crippen LogP contribution in [-0.2, 0) is 6.42 Å². The third-order valence-electron chi connectivity index (χ3n) is 2.88. The van der Waals surface area contributed by atoms with E-state index < -0.39 is 0 Å². The fourth-order valence-corrected chi connectivity index (χ4v) is 2.25. The lowest BCUT2D eigenvalue weighted by Crippen LogP contribution is -1.90. The Hall–Kier alpha value is -1.81. The number of nitrogen functional groups attached to an aromatic ring is 1. The van der Waals surface area contributed by atoms with Gasteiger partial charge in [-0.15, -0.1) is 0 Å². The van der Waals surface area contributed by atoms with Gasteiger partial charge < -0.3 is 10.7 Å². The monoisotopic (exact) mass is 301 g/mol. The quantitative estimate of drug-likeness (QED) is 0.712. The van der Waals surface area contributed by atoms with Crippen LogP contribution in [0.5, 0.6) is 0 Å². The molecule has 3 aromatic rings. The van der Waals surface area contributed by atoms with E-state index in [4.69, 9.17) is 5.73 Å². The number of nitrogens with one attached hydrogen (secondary N) is 1. The molecule has 1 aromatic heterocycles. The number of rotatable bonds is 2. The molecule has 2 aromatic carbocycles. The zero-order valence-corrected chi connectivity index (χ0v) is 11.2. The summed E-state index contributed by atoms with van der Waals surface area (Å²) in [4.78, 5) is 7.83. The molecule has 1 heterocycles. The van der Waals surface area contributed by atoms with Crippen LogP contribution in [0.1, 0.15) is 11.4 Å². The van der Waals surface area contributed by atoms with Crippen molar-refractivity contribution in [1.29, 1.82) is 0 Å². The molecule has 0 saturated carbocycles. The summed E-state index contributed by atoms with van der Waals surface area (Å²) in [6, 6.07) is 14.0. The molecule has 0 radical (unpaired) electrons. The van der Waals surface area contributed by atoms with Crippen molar-refractivity contribution in [1.82, 2.24) is 9.97 Å². The van der Waals surface area contributed by atoms with Gasteiger partial charge in [-0.2, -0.15) is 0 Å². The van der Waals surface area contributed by atoms with Gasteiger partial charge in [0.25, 0.3) is 0 Å². The van der Waals surface area contributed by atoms with Gasteiger partial charge in [-0.3, -0.25) is 0 Å². The first kappa shape index (κ1) is 11.3. The van der Waals surface area contributed by atoms with Crippen molar-refractivity contribution in [3.8, 4) is 0 Å². The molecule has 0 bridgehead atoms. The maximum atomic E-state index is 5.89.